The van der Waals surface area contributed by atoms with Gasteiger partial charge in [-0.1, -0.05) is 42.5 Å². The molecule has 21 heavy (non-hydrogen) atoms. The summed E-state index contributed by atoms with van der Waals surface area (Å²) in [5.74, 6) is -1.19. The number of carbonyl (C=O) groups excluding carboxylic acids is 1. The molecule has 0 spiro atoms. The molecule has 2 aromatic rings. The Morgan fingerprint density at radius 1 is 1.05 bits per heavy atom. The van der Waals surface area contributed by atoms with Gasteiger partial charge in [0.05, 0.1) is 18.2 Å². The van der Waals surface area contributed by atoms with Gasteiger partial charge >= 0.3 is 5.97 Å². The number of hydrogen-bond acceptors (Lipinski definition) is 3. The number of rotatable bonds is 5. The van der Waals surface area contributed by atoms with Gasteiger partial charge in [-0.3, -0.25) is 4.79 Å². The predicted octanol–water partition coefficient (Wildman–Crippen LogP) is 2.08. The summed E-state index contributed by atoms with van der Waals surface area (Å²) in [6, 6.07) is 15.6. The van der Waals surface area contributed by atoms with Gasteiger partial charge in [-0.25, -0.2) is 10.2 Å². The topological polar surface area (TPSA) is 78.8 Å². The van der Waals surface area contributed by atoms with Crippen molar-refractivity contribution in [1.82, 2.24) is 5.43 Å². The molecule has 2 aromatic carbocycles. The van der Waals surface area contributed by atoms with E-state index in [4.69, 9.17) is 5.11 Å². The summed E-state index contributed by atoms with van der Waals surface area (Å²) in [5.41, 5.74) is 4.26. The largest absolute Gasteiger partial charge is 0.478 e. The van der Waals surface area contributed by atoms with Crippen LogP contribution in [0.4, 0.5) is 0 Å². The Morgan fingerprint density at radius 3 is 2.33 bits per heavy atom. The Bertz CT molecular complexity index is 649. The van der Waals surface area contributed by atoms with Gasteiger partial charge in [0.2, 0.25) is 5.91 Å². The van der Waals surface area contributed by atoms with Gasteiger partial charge in [0.1, 0.15) is 0 Å². The first kappa shape index (κ1) is 14.5. The van der Waals surface area contributed by atoms with Crippen LogP contribution in [0.3, 0.4) is 0 Å². The fourth-order valence-corrected chi connectivity index (χ4v) is 1.71. The molecule has 0 saturated carbocycles. The Morgan fingerprint density at radius 2 is 1.71 bits per heavy atom. The summed E-state index contributed by atoms with van der Waals surface area (Å²) in [6.45, 7) is 0. The first-order chi connectivity index (χ1) is 10.1. The number of aromatic carboxylic acids is 1. The molecule has 0 aliphatic heterocycles. The van der Waals surface area contributed by atoms with Crippen LogP contribution >= 0.6 is 0 Å². The van der Waals surface area contributed by atoms with E-state index < -0.39 is 5.97 Å². The first-order valence-corrected chi connectivity index (χ1v) is 6.34. The van der Waals surface area contributed by atoms with Crippen molar-refractivity contribution in [2.45, 2.75) is 6.42 Å². The van der Waals surface area contributed by atoms with Gasteiger partial charge in [-0.2, -0.15) is 5.10 Å². The molecule has 0 atom stereocenters. The highest BCUT2D eigenvalue weighted by atomic mass is 16.4. The average molecular weight is 282 g/mol. The molecule has 2 N–H and O–H groups in total. The molecule has 0 radical (unpaired) electrons. The molecule has 5 nitrogen and oxygen atoms in total. The second-order valence-corrected chi connectivity index (χ2v) is 4.38. The van der Waals surface area contributed by atoms with Crippen LogP contribution in [0.5, 0.6) is 0 Å². The lowest BCUT2D eigenvalue weighted by molar-refractivity contribution is -0.120. The minimum atomic E-state index is -0.977. The number of amides is 1. The van der Waals surface area contributed by atoms with Gasteiger partial charge in [0, 0.05) is 0 Å². The van der Waals surface area contributed by atoms with Crippen LogP contribution in [0.2, 0.25) is 0 Å². The second-order valence-electron chi connectivity index (χ2n) is 4.38. The van der Waals surface area contributed by atoms with Crippen molar-refractivity contribution < 1.29 is 14.7 Å². The Kier molecular flexibility index (Phi) is 4.82. The van der Waals surface area contributed by atoms with Crippen molar-refractivity contribution in [2.75, 3.05) is 0 Å². The van der Waals surface area contributed by atoms with Gasteiger partial charge in [0.25, 0.3) is 0 Å². The standard InChI is InChI=1S/C16H14N2O3/c19-15(10-12-4-2-1-3-5-12)18-17-11-13-6-8-14(9-7-13)16(20)21/h1-9,11H,10H2,(H,18,19)(H,20,21). The highest BCUT2D eigenvalue weighted by Gasteiger charge is 2.02. The quantitative estimate of drug-likeness (QED) is 0.651. The zero-order valence-corrected chi connectivity index (χ0v) is 11.2. The lowest BCUT2D eigenvalue weighted by atomic mass is 10.1. The molecule has 0 heterocycles. The lowest BCUT2D eigenvalue weighted by Crippen LogP contribution is -2.19. The van der Waals surface area contributed by atoms with Crippen molar-refractivity contribution in [3.05, 3.63) is 71.3 Å². The normalized spacial score (nSPS) is 10.5. The minimum Gasteiger partial charge on any atom is -0.478 e. The molecule has 2 rings (SSSR count). The maximum absolute atomic E-state index is 11.6. The van der Waals surface area contributed by atoms with Crippen LogP contribution in [0.25, 0.3) is 0 Å². The molecular formula is C16H14N2O3. The minimum absolute atomic E-state index is 0.209. The van der Waals surface area contributed by atoms with Crippen molar-refractivity contribution in [2.24, 2.45) is 5.10 Å². The van der Waals surface area contributed by atoms with Crippen LogP contribution in [-0.2, 0) is 11.2 Å². The number of benzene rings is 2. The summed E-state index contributed by atoms with van der Waals surface area (Å²) >= 11 is 0. The van der Waals surface area contributed by atoms with E-state index in [0.717, 1.165) is 5.56 Å². The summed E-state index contributed by atoms with van der Waals surface area (Å²) in [5, 5.41) is 12.6. The second kappa shape index (κ2) is 7.00. The Labute approximate surface area is 121 Å². The van der Waals surface area contributed by atoms with Crippen molar-refractivity contribution >= 4 is 18.1 Å². The summed E-state index contributed by atoms with van der Waals surface area (Å²) in [7, 11) is 0. The highest BCUT2D eigenvalue weighted by molar-refractivity contribution is 5.89. The van der Waals surface area contributed by atoms with E-state index in [1.165, 1.54) is 18.3 Å². The Balaban J connectivity index is 1.87. The number of carboxylic acids is 1. The van der Waals surface area contributed by atoms with E-state index in [2.05, 4.69) is 10.5 Å². The van der Waals surface area contributed by atoms with Crippen molar-refractivity contribution in [3.8, 4) is 0 Å². The van der Waals surface area contributed by atoms with E-state index in [1.54, 1.807) is 12.1 Å². The molecule has 0 bridgehead atoms. The molecule has 106 valence electrons. The molecular weight excluding hydrogens is 268 g/mol. The molecule has 0 aliphatic rings. The van der Waals surface area contributed by atoms with E-state index in [9.17, 15) is 9.59 Å². The number of carbonyl (C=O) groups is 2. The highest BCUT2D eigenvalue weighted by Crippen LogP contribution is 2.02. The molecule has 5 heteroatoms. The number of hydrazone groups is 1. The van der Waals surface area contributed by atoms with E-state index >= 15 is 0 Å². The van der Waals surface area contributed by atoms with Crippen LogP contribution in [0, 0.1) is 0 Å². The SMILES string of the molecule is O=C(Cc1ccccc1)NN=Cc1ccc(C(=O)O)cc1. The van der Waals surface area contributed by atoms with Gasteiger partial charge in [-0.05, 0) is 23.3 Å². The maximum atomic E-state index is 11.6. The maximum Gasteiger partial charge on any atom is 0.335 e. The smallest absolute Gasteiger partial charge is 0.335 e. The fourth-order valence-electron chi connectivity index (χ4n) is 1.71. The summed E-state index contributed by atoms with van der Waals surface area (Å²) in [4.78, 5) is 22.3. The van der Waals surface area contributed by atoms with Gasteiger partial charge in [0.15, 0.2) is 0 Å². The lowest BCUT2D eigenvalue weighted by Gasteiger charge is -2.00. The summed E-state index contributed by atoms with van der Waals surface area (Å²) < 4.78 is 0. The molecule has 0 saturated heterocycles. The van der Waals surface area contributed by atoms with Crippen LogP contribution in [0.15, 0.2) is 59.7 Å². The van der Waals surface area contributed by atoms with Gasteiger partial charge in [-0.15, -0.1) is 0 Å². The van der Waals surface area contributed by atoms with Crippen LogP contribution in [0.1, 0.15) is 21.5 Å². The number of nitrogens with zero attached hydrogens (tertiary/aromatic N) is 1. The number of hydrogen-bond donors (Lipinski definition) is 2. The van der Waals surface area contributed by atoms with Crippen LogP contribution < -0.4 is 5.43 Å². The average Bonchev–Trinajstić information content (AvgIpc) is 2.49. The predicted molar refractivity (Wildman–Crippen MR) is 79.3 cm³/mol. The van der Waals surface area contributed by atoms with E-state index in [1.807, 2.05) is 30.3 Å². The molecule has 0 aliphatic carbocycles. The fraction of sp³-hybridized carbons (Fsp3) is 0.0625. The third-order valence-corrected chi connectivity index (χ3v) is 2.77. The number of nitrogens with one attached hydrogen (secondary N) is 1. The molecule has 0 fully saturated rings. The van der Waals surface area contributed by atoms with Crippen molar-refractivity contribution in [3.63, 3.8) is 0 Å². The molecule has 0 aromatic heterocycles. The zero-order chi connectivity index (χ0) is 15.1. The van der Waals surface area contributed by atoms with E-state index in [0.29, 0.717) is 5.56 Å². The number of carboxylic acid groups (broad SMARTS) is 1. The monoisotopic (exact) mass is 282 g/mol. The zero-order valence-electron chi connectivity index (χ0n) is 11.2. The van der Waals surface area contributed by atoms with Crippen molar-refractivity contribution in [1.29, 1.82) is 0 Å². The third kappa shape index (κ3) is 4.58. The Hall–Kier alpha value is -2.95. The summed E-state index contributed by atoms with van der Waals surface area (Å²) in [6.07, 6.45) is 1.73. The third-order valence-electron chi connectivity index (χ3n) is 2.77. The van der Waals surface area contributed by atoms with Gasteiger partial charge < -0.3 is 5.11 Å². The molecule has 0 unspecified atom stereocenters. The van der Waals surface area contributed by atoms with Crippen LogP contribution in [-0.4, -0.2) is 23.2 Å². The van der Waals surface area contributed by atoms with E-state index in [-0.39, 0.29) is 17.9 Å². The first-order valence-electron chi connectivity index (χ1n) is 6.34. The molecule has 1 amide bonds.